The van der Waals surface area contributed by atoms with E-state index >= 15 is 0 Å². The summed E-state index contributed by atoms with van der Waals surface area (Å²) in [6, 6.07) is 0. The van der Waals surface area contributed by atoms with E-state index in [0.29, 0.717) is 6.10 Å². The van der Waals surface area contributed by atoms with E-state index < -0.39 is 0 Å². The highest BCUT2D eigenvalue weighted by atomic mass is 32.1. The molecule has 1 aromatic heterocycles. The third-order valence-electron chi connectivity index (χ3n) is 5.00. The van der Waals surface area contributed by atoms with Crippen LogP contribution in [0.25, 0.3) is 0 Å². The summed E-state index contributed by atoms with van der Waals surface area (Å²) in [6.45, 7) is 8.05. The fourth-order valence-corrected chi connectivity index (χ4v) is 4.31. The molecule has 2 atom stereocenters. The first-order valence-corrected chi connectivity index (χ1v) is 8.86. The minimum atomic E-state index is 0.147. The Morgan fingerprint density at radius 3 is 2.86 bits per heavy atom. The molecule has 2 unspecified atom stereocenters. The van der Waals surface area contributed by atoms with Gasteiger partial charge < -0.3 is 15.4 Å². The van der Waals surface area contributed by atoms with Crippen molar-refractivity contribution in [1.29, 1.82) is 0 Å². The number of nitrogens with zero attached hydrogens (tertiary/aromatic N) is 3. The van der Waals surface area contributed by atoms with Crippen molar-refractivity contribution < 1.29 is 4.74 Å². The first kappa shape index (κ1) is 15.2. The van der Waals surface area contributed by atoms with Gasteiger partial charge >= 0.3 is 0 Å². The first-order chi connectivity index (χ1) is 10.3. The molecular formula is C15H26N4OS. The molecule has 0 spiro atoms. The van der Waals surface area contributed by atoms with Crippen LogP contribution < -0.4 is 10.6 Å². The first-order valence-electron chi connectivity index (χ1n) is 7.98. The number of thiazole rings is 1. The fourth-order valence-electron chi connectivity index (χ4n) is 3.61. The van der Waals surface area contributed by atoms with E-state index in [1.54, 1.807) is 11.3 Å². The third kappa shape index (κ3) is 3.08. The molecule has 2 saturated heterocycles. The highest BCUT2D eigenvalue weighted by Gasteiger charge is 2.41. The third-order valence-corrected chi connectivity index (χ3v) is 5.84. The van der Waals surface area contributed by atoms with Gasteiger partial charge in [-0.15, -0.1) is 11.3 Å². The quantitative estimate of drug-likeness (QED) is 0.914. The molecule has 118 valence electrons. The molecule has 5 nitrogen and oxygen atoms in total. The zero-order chi connectivity index (χ0) is 14.7. The van der Waals surface area contributed by atoms with Gasteiger partial charge in [0.05, 0.1) is 6.10 Å². The van der Waals surface area contributed by atoms with E-state index in [-0.39, 0.29) is 5.54 Å². The maximum absolute atomic E-state index is 6.19. The summed E-state index contributed by atoms with van der Waals surface area (Å²) in [6.07, 6.45) is 5.49. The molecule has 0 aliphatic carbocycles. The Labute approximate surface area is 131 Å². The smallest absolute Gasteiger partial charge is 0.185 e. The number of anilines is 1. The topological polar surface area (TPSA) is 54.6 Å². The Balaban J connectivity index is 1.64. The van der Waals surface area contributed by atoms with Crippen LogP contribution in [0.3, 0.4) is 0 Å². The maximum atomic E-state index is 6.19. The van der Waals surface area contributed by atoms with Crippen LogP contribution in [-0.4, -0.2) is 60.9 Å². The predicted molar refractivity (Wildman–Crippen MR) is 87.0 cm³/mol. The van der Waals surface area contributed by atoms with Crippen LogP contribution in [0.4, 0.5) is 5.13 Å². The van der Waals surface area contributed by atoms with Crippen molar-refractivity contribution in [2.24, 2.45) is 5.73 Å². The second kappa shape index (κ2) is 6.60. The van der Waals surface area contributed by atoms with E-state index in [4.69, 9.17) is 10.5 Å². The summed E-state index contributed by atoms with van der Waals surface area (Å²) in [5, 5.41) is 3.20. The molecule has 2 N–H and O–H groups in total. The Hall–Kier alpha value is -0.690. The van der Waals surface area contributed by atoms with Crippen LogP contribution in [0.5, 0.6) is 0 Å². The molecule has 3 rings (SSSR count). The molecule has 0 saturated carbocycles. The van der Waals surface area contributed by atoms with Crippen molar-refractivity contribution in [2.45, 2.75) is 37.8 Å². The van der Waals surface area contributed by atoms with E-state index in [2.05, 4.69) is 21.7 Å². The van der Waals surface area contributed by atoms with Crippen molar-refractivity contribution >= 4 is 16.5 Å². The normalized spacial score (nSPS) is 31.5. The summed E-state index contributed by atoms with van der Waals surface area (Å²) in [5.74, 6) is 0. The lowest BCUT2D eigenvalue weighted by Crippen LogP contribution is -2.63. The monoisotopic (exact) mass is 310 g/mol. The fraction of sp³-hybridized carbons (Fsp3) is 0.800. The second-order valence-corrected chi connectivity index (χ2v) is 6.95. The van der Waals surface area contributed by atoms with Crippen molar-refractivity contribution in [2.75, 3.05) is 44.2 Å². The van der Waals surface area contributed by atoms with Crippen LogP contribution in [0, 0.1) is 0 Å². The SMILES string of the molecule is CCC1CC(CN)(N2CCN(c3nccs3)CC2)CCO1. The summed E-state index contributed by atoms with van der Waals surface area (Å²) in [5.41, 5.74) is 6.34. The number of ether oxygens (including phenoxy) is 1. The molecular weight excluding hydrogens is 284 g/mol. The molecule has 2 aliphatic heterocycles. The average molecular weight is 310 g/mol. The molecule has 0 amide bonds. The molecule has 2 aliphatic rings. The van der Waals surface area contributed by atoms with Gasteiger partial charge in [-0.25, -0.2) is 4.98 Å². The van der Waals surface area contributed by atoms with Gasteiger partial charge in [0.15, 0.2) is 5.13 Å². The molecule has 6 heteroatoms. The van der Waals surface area contributed by atoms with Crippen LogP contribution in [0.1, 0.15) is 26.2 Å². The molecule has 3 heterocycles. The lowest BCUT2D eigenvalue weighted by atomic mass is 9.83. The number of piperazine rings is 1. The van der Waals surface area contributed by atoms with Crippen LogP contribution in [0.15, 0.2) is 11.6 Å². The number of aromatic nitrogens is 1. The van der Waals surface area contributed by atoms with Gasteiger partial charge in [-0.1, -0.05) is 6.92 Å². The lowest BCUT2D eigenvalue weighted by Gasteiger charge is -2.50. The largest absolute Gasteiger partial charge is 0.378 e. The van der Waals surface area contributed by atoms with Gasteiger partial charge in [0, 0.05) is 56.4 Å². The minimum absolute atomic E-state index is 0.147. The molecule has 0 aromatic carbocycles. The van der Waals surface area contributed by atoms with Crippen LogP contribution >= 0.6 is 11.3 Å². The number of hydrogen-bond donors (Lipinski definition) is 1. The van der Waals surface area contributed by atoms with E-state index in [0.717, 1.165) is 63.7 Å². The second-order valence-electron chi connectivity index (χ2n) is 6.07. The van der Waals surface area contributed by atoms with Gasteiger partial charge in [0.2, 0.25) is 0 Å². The number of hydrogen-bond acceptors (Lipinski definition) is 6. The molecule has 1 aromatic rings. The average Bonchev–Trinajstić information content (AvgIpc) is 3.09. The zero-order valence-corrected chi connectivity index (χ0v) is 13.6. The molecule has 0 bridgehead atoms. The van der Waals surface area contributed by atoms with Gasteiger partial charge in [-0.2, -0.15) is 0 Å². The summed E-state index contributed by atoms with van der Waals surface area (Å²) in [7, 11) is 0. The highest BCUT2D eigenvalue weighted by Crippen LogP contribution is 2.33. The van der Waals surface area contributed by atoms with Crippen molar-refractivity contribution in [3.05, 3.63) is 11.6 Å². The van der Waals surface area contributed by atoms with Gasteiger partial charge in [-0.05, 0) is 19.3 Å². The summed E-state index contributed by atoms with van der Waals surface area (Å²) in [4.78, 5) is 9.43. The summed E-state index contributed by atoms with van der Waals surface area (Å²) >= 11 is 1.73. The van der Waals surface area contributed by atoms with E-state index in [1.165, 1.54) is 0 Å². The lowest BCUT2D eigenvalue weighted by molar-refractivity contribution is -0.0732. The van der Waals surface area contributed by atoms with E-state index in [9.17, 15) is 0 Å². The zero-order valence-electron chi connectivity index (χ0n) is 12.8. The van der Waals surface area contributed by atoms with Gasteiger partial charge in [0.25, 0.3) is 0 Å². The van der Waals surface area contributed by atoms with Crippen molar-refractivity contribution in [1.82, 2.24) is 9.88 Å². The number of rotatable bonds is 4. The van der Waals surface area contributed by atoms with Gasteiger partial charge in [0.1, 0.15) is 0 Å². The Bertz CT molecular complexity index is 433. The van der Waals surface area contributed by atoms with Crippen LogP contribution in [-0.2, 0) is 4.74 Å². The predicted octanol–water partition coefficient (Wildman–Crippen LogP) is 1.55. The van der Waals surface area contributed by atoms with Gasteiger partial charge in [-0.3, -0.25) is 4.90 Å². The van der Waals surface area contributed by atoms with Crippen molar-refractivity contribution in [3.8, 4) is 0 Å². The van der Waals surface area contributed by atoms with Crippen LogP contribution in [0.2, 0.25) is 0 Å². The number of nitrogens with two attached hydrogens (primary N) is 1. The maximum Gasteiger partial charge on any atom is 0.185 e. The minimum Gasteiger partial charge on any atom is -0.378 e. The molecule has 21 heavy (non-hydrogen) atoms. The summed E-state index contributed by atoms with van der Waals surface area (Å²) < 4.78 is 5.85. The Morgan fingerprint density at radius 1 is 1.43 bits per heavy atom. The standard InChI is InChI=1S/C15H26N4OS/c1-2-13-11-15(12-16,3-9-20-13)19-7-5-18(6-8-19)14-17-4-10-21-14/h4,10,13H,2-3,5-9,11-12,16H2,1H3. The Morgan fingerprint density at radius 2 is 2.24 bits per heavy atom. The Kier molecular flexibility index (Phi) is 4.78. The highest BCUT2D eigenvalue weighted by molar-refractivity contribution is 7.13. The molecule has 0 radical (unpaired) electrons. The molecule has 2 fully saturated rings. The van der Waals surface area contributed by atoms with E-state index in [1.807, 2.05) is 11.6 Å². The van der Waals surface area contributed by atoms with Crippen molar-refractivity contribution in [3.63, 3.8) is 0 Å².